The van der Waals surface area contributed by atoms with E-state index < -0.39 is 0 Å². The minimum absolute atomic E-state index is 0. The van der Waals surface area contributed by atoms with Crippen LogP contribution in [0, 0.1) is 112 Å². The fraction of sp³-hybridized carbons (Fsp3) is 0.0543. The Morgan fingerprint density at radius 2 is 0.476 bits per heavy atom. The molecule has 0 saturated carbocycles. The minimum Gasteiger partial charge on any atom is -0.493 e. The van der Waals surface area contributed by atoms with Crippen molar-refractivity contribution in [3.63, 3.8) is 0 Å². The van der Waals surface area contributed by atoms with Gasteiger partial charge in [-0.2, -0.15) is 152 Å². The van der Waals surface area contributed by atoms with Crippen molar-refractivity contribution in [2.45, 2.75) is 48.5 Å². The molecule has 13 nitrogen and oxygen atoms in total. The maximum atomic E-state index is 5.08. The van der Waals surface area contributed by atoms with Crippen LogP contribution in [0.3, 0.4) is 0 Å². The number of aryl methyl sites for hydroxylation is 7. The number of hydrogen-bond acceptors (Lipinski definition) is 13. The molecule has 0 unspecified atom stereocenters. The molecule has 25 rings (SSSR count). The van der Waals surface area contributed by atoms with Gasteiger partial charge in [-0.25, -0.2) is 15.0 Å². The first-order valence-corrected chi connectivity index (χ1v) is 47.8. The number of rotatable bonds is 15. The molecule has 0 atom stereocenters. The average Bonchev–Trinajstić information content (AvgIpc) is 1.61. The van der Waals surface area contributed by atoms with E-state index in [9.17, 15) is 0 Å². The van der Waals surface area contributed by atoms with Crippen molar-refractivity contribution < 1.29 is 101 Å². The first-order valence-electron chi connectivity index (χ1n) is 47.8. The summed E-state index contributed by atoms with van der Waals surface area (Å²) < 4.78 is 0. The molecule has 5 radical (unpaired) electrons. The summed E-state index contributed by atoms with van der Waals surface area (Å²) >= 11 is 0. The van der Waals surface area contributed by atoms with E-state index in [1.54, 1.807) is 0 Å². The van der Waals surface area contributed by atoms with Gasteiger partial charge in [-0.15, -0.1) is 61.8 Å². The van der Waals surface area contributed by atoms with Crippen molar-refractivity contribution in [2.24, 2.45) is 0 Å². The molecule has 0 N–H and O–H groups in total. The molecule has 3 aromatic heterocycles. The number of aromatic nitrogens is 3. The molecule has 17 aromatic carbocycles. The van der Waals surface area contributed by atoms with E-state index in [4.69, 9.17) is 4.98 Å². The summed E-state index contributed by atoms with van der Waals surface area (Å²) in [7, 11) is 0. The van der Waals surface area contributed by atoms with Crippen LogP contribution in [0.25, 0.3) is 55.8 Å². The zero-order valence-corrected chi connectivity index (χ0v) is 93.6. The largest absolute Gasteiger partial charge is 0.493 e. The van der Waals surface area contributed by atoms with E-state index in [1.807, 2.05) is 122 Å². The van der Waals surface area contributed by atoms with Crippen molar-refractivity contribution in [1.82, 2.24) is 15.0 Å². The van der Waals surface area contributed by atoms with Crippen molar-refractivity contribution in [3.8, 4) is 55.8 Å². The van der Waals surface area contributed by atoms with Gasteiger partial charge in [-0.1, -0.05) is 231 Å². The molecule has 0 bridgehead atoms. The molecule has 0 amide bonds. The van der Waals surface area contributed by atoms with Gasteiger partial charge in [0.05, 0.1) is 22.8 Å². The van der Waals surface area contributed by atoms with Crippen molar-refractivity contribution in [2.75, 3.05) is 49.0 Å². The van der Waals surface area contributed by atoms with Crippen LogP contribution in [0.4, 0.5) is 114 Å². The smallest absolute Gasteiger partial charge is 0.126 e. The molecule has 0 aliphatic carbocycles. The third-order valence-corrected chi connectivity index (χ3v) is 26.0. The number of benzene rings is 17. The van der Waals surface area contributed by atoms with Crippen LogP contribution in [0.1, 0.15) is 38.9 Å². The molecule has 0 spiro atoms. The predicted molar refractivity (Wildman–Crippen MR) is 587 cm³/mol. The second-order valence-electron chi connectivity index (χ2n) is 35.2. The molecule has 5 aliphatic heterocycles. The molecule has 20 aromatic rings. The number of para-hydroxylation sites is 10. The second kappa shape index (κ2) is 48.6. The van der Waals surface area contributed by atoms with Crippen molar-refractivity contribution in [1.29, 1.82) is 0 Å². The van der Waals surface area contributed by atoms with Gasteiger partial charge in [0.25, 0.3) is 0 Å². The Morgan fingerprint density at radius 3 is 0.905 bits per heavy atom. The maximum absolute atomic E-state index is 5.08. The third-order valence-electron chi connectivity index (χ3n) is 26.0. The molecule has 8 heterocycles. The zero-order chi connectivity index (χ0) is 96.4. The fourth-order valence-corrected chi connectivity index (χ4v) is 19.0. The fourth-order valence-electron chi connectivity index (χ4n) is 19.0. The number of pyridine rings is 3. The van der Waals surface area contributed by atoms with Gasteiger partial charge >= 0.3 is 0 Å². The van der Waals surface area contributed by atoms with Gasteiger partial charge in [0.1, 0.15) is 17.5 Å². The predicted octanol–water partition coefficient (Wildman–Crippen LogP) is 33.1. The first-order chi connectivity index (χ1) is 69.9. The van der Waals surface area contributed by atoms with Crippen LogP contribution < -0.4 is 49.0 Å². The van der Waals surface area contributed by atoms with E-state index in [2.05, 4.69) is 505 Å². The van der Waals surface area contributed by atoms with E-state index in [0.717, 1.165) is 97.0 Å². The van der Waals surface area contributed by atoms with E-state index in [1.165, 1.54) is 112 Å². The summed E-state index contributed by atoms with van der Waals surface area (Å²) in [5.41, 5.74) is 39.3. The Morgan fingerprint density at radius 1 is 0.184 bits per heavy atom. The van der Waals surface area contributed by atoms with Gasteiger partial charge in [0.15, 0.2) is 0 Å². The van der Waals surface area contributed by atoms with Crippen LogP contribution in [-0.2, 0) is 101 Å². The maximum Gasteiger partial charge on any atom is 0.126 e. The average molecular weight is 2790 g/mol. The molecule has 737 valence electrons. The van der Waals surface area contributed by atoms with Crippen LogP contribution in [0.15, 0.2) is 455 Å². The van der Waals surface area contributed by atoms with Gasteiger partial charge in [-0.3, -0.25) is 0 Å². The Kier molecular flexibility index (Phi) is 34.8. The molecular formula is C129H101Ir5N13-10. The second-order valence-corrected chi connectivity index (χ2v) is 35.2. The van der Waals surface area contributed by atoms with Crippen molar-refractivity contribution >= 4 is 114 Å². The van der Waals surface area contributed by atoms with Crippen LogP contribution in [0.5, 0.6) is 0 Å². The number of nitrogens with zero attached hydrogens (tertiary/aromatic N) is 13. The van der Waals surface area contributed by atoms with Crippen LogP contribution >= 0.6 is 0 Å². The van der Waals surface area contributed by atoms with E-state index in [0.29, 0.717) is 0 Å². The summed E-state index contributed by atoms with van der Waals surface area (Å²) in [4.78, 5) is 36.3. The molecule has 0 fully saturated rings. The first kappa shape index (κ1) is 105. The van der Waals surface area contributed by atoms with Crippen molar-refractivity contribution in [3.05, 3.63) is 558 Å². The minimum atomic E-state index is 0. The van der Waals surface area contributed by atoms with Crippen LogP contribution in [0.2, 0.25) is 0 Å². The molecule has 147 heavy (non-hydrogen) atoms. The SMILES string of the molecule is Cc1ccccc1-c1ccc2c(c1)N(c1[c-]cccc1)[CH-]N2c1ccccc1C.Cc1ccccc1-c1ccc2c(n1)N(c1[c-]cccc1)[CH-]N2c1ccccc1C.Cc1ccccc1N1[CH-]N(c2[c-]cccc2)c2cc(-c3c(C)cccc3C)ccc21.[Ir].[Ir].[Ir].[Ir].[Ir].[c-]1ccccc1N1[CH-]N(c2ccccc2-c2ccccc2)c2cccnc21.[c-]1ccccc1N1[CH-]N(c2ccccc2-c2ccccc2)c2ncccc21. The van der Waals surface area contributed by atoms with E-state index >= 15 is 0 Å². The summed E-state index contributed by atoms with van der Waals surface area (Å²) in [6.07, 6.45) is 3.66. The zero-order valence-electron chi connectivity index (χ0n) is 81.7. The molecular weight excluding hydrogens is 2690 g/mol. The van der Waals surface area contributed by atoms with Crippen LogP contribution in [-0.4, -0.2) is 15.0 Å². The topological polar surface area (TPSA) is 71.1 Å². The van der Waals surface area contributed by atoms with Gasteiger partial charge < -0.3 is 49.0 Å². The number of hydrogen-bond donors (Lipinski definition) is 0. The van der Waals surface area contributed by atoms with Gasteiger partial charge in [0.2, 0.25) is 0 Å². The van der Waals surface area contributed by atoms with Gasteiger partial charge in [0, 0.05) is 181 Å². The quantitative estimate of drug-likeness (QED) is 0.0916. The molecule has 0 saturated heterocycles. The molecule has 5 aliphatic rings. The number of fused-ring (bicyclic) bond motifs is 5. The standard InChI is InChI=1S/C28H24N2.C27H22N2.C26H21N3.2C24H17N3.5Ir/c1-20-10-7-8-15-25(20)30-19-29(24-13-5-4-6-14-24)27-18-23(16-17-26(27)30)28-21(2)11-9-12-22(28)3;1-20-10-6-8-14-24(20)22-16-17-26-27(18-22)28(23-12-4-3-5-13-23)19-29(26)25-15-9-7-11-21(25)2;1-19-10-6-8-14-22(19)23-16-17-25-26(27-23)28(21-12-4-3-5-13-21)18-29(25)24-15-9-7-11-20(24)2;1-3-10-19(11-4-1)21-14-7-8-15-22(21)27-18-26(20-12-5-2-6-13-20)24-23(27)16-9-17-25-24;1-3-10-19(11-4-1)21-14-7-8-15-22(21)27-18-26(20-12-5-2-6-13-20)23-16-9-17-25-24(23)27;;;;;/h4-13,15-19H,1-3H3;3-12,14-19H,1-2H3;3-12,14-18H,1-2H3;2*1-12,14-18H;;;;;/q5*-2;;;;;. The normalized spacial score (nSPS) is 12.5. The third kappa shape index (κ3) is 22.4. The monoisotopic (exact) mass is 2800 g/mol. The Hall–Kier alpha value is -14.6. The Labute approximate surface area is 932 Å². The van der Waals surface area contributed by atoms with Gasteiger partial charge in [-0.05, 0) is 212 Å². The Bertz CT molecular complexity index is 7450. The Balaban J connectivity index is 0.000000130. The summed E-state index contributed by atoms with van der Waals surface area (Å²) in [5.74, 6) is 2.73. The summed E-state index contributed by atoms with van der Waals surface area (Å²) in [6.45, 7) is 25.7. The number of anilines is 20. The van der Waals surface area contributed by atoms with E-state index in [-0.39, 0.29) is 101 Å². The molecule has 18 heteroatoms. The summed E-state index contributed by atoms with van der Waals surface area (Å²) in [5, 5.41) is 0. The summed E-state index contributed by atoms with van der Waals surface area (Å²) in [6, 6.07) is 169.